The smallest absolute Gasteiger partial charge is 0.321 e. The number of carboxylic acids is 1. The lowest BCUT2D eigenvalue weighted by molar-refractivity contribution is -0.138. The lowest BCUT2D eigenvalue weighted by Gasteiger charge is -2.16. The van der Waals surface area contributed by atoms with Gasteiger partial charge < -0.3 is 10.4 Å². The Labute approximate surface area is 92.8 Å². The maximum Gasteiger partial charge on any atom is 0.321 e. The molecule has 0 aromatic heterocycles. The van der Waals surface area contributed by atoms with Gasteiger partial charge in [-0.2, -0.15) is 0 Å². The van der Waals surface area contributed by atoms with Crippen molar-refractivity contribution in [2.24, 2.45) is 0 Å². The fourth-order valence-corrected chi connectivity index (χ4v) is 0.920. The van der Waals surface area contributed by atoms with Crippen LogP contribution < -0.4 is 10.6 Å². The number of nitrogens with one attached hydrogen (secondary N) is 2. The fraction of sp³-hybridized carbons (Fsp3) is 0.444. The molecule has 0 heterocycles. The Morgan fingerprint density at radius 3 is 2.44 bits per heavy atom. The van der Waals surface area contributed by atoms with E-state index in [4.69, 9.17) is 11.5 Å². The summed E-state index contributed by atoms with van der Waals surface area (Å²) in [5, 5.41) is 12.7. The van der Waals surface area contributed by atoms with Crippen LogP contribution in [0.5, 0.6) is 0 Å². The molecular weight excluding hydrogens is 214 g/mol. The summed E-state index contributed by atoms with van der Waals surface area (Å²) in [5.41, 5.74) is 0. The van der Waals surface area contributed by atoms with Crippen molar-refractivity contribution < 1.29 is 19.5 Å². The molecule has 88 valence electrons. The van der Waals surface area contributed by atoms with Gasteiger partial charge >= 0.3 is 12.0 Å². The standard InChI is InChI=1S/C9H13N3O4/c1-3-4-12(6-8(14)15)5-7(13)11-9(16)10-2/h1H,4-6H2,2H3,(H,14,15)(H2,10,11,13,16). The van der Waals surface area contributed by atoms with Gasteiger partial charge in [0.05, 0.1) is 19.6 Å². The van der Waals surface area contributed by atoms with E-state index in [1.54, 1.807) is 0 Å². The Bertz CT molecular complexity index is 321. The summed E-state index contributed by atoms with van der Waals surface area (Å²) < 4.78 is 0. The molecule has 7 heteroatoms. The van der Waals surface area contributed by atoms with Crippen molar-refractivity contribution in [3.63, 3.8) is 0 Å². The third-order valence-corrected chi connectivity index (χ3v) is 1.52. The van der Waals surface area contributed by atoms with E-state index >= 15 is 0 Å². The summed E-state index contributed by atoms with van der Waals surface area (Å²) in [6, 6.07) is -0.652. The van der Waals surface area contributed by atoms with Gasteiger partial charge in [-0.05, 0) is 0 Å². The van der Waals surface area contributed by atoms with Crippen LogP contribution in [0.3, 0.4) is 0 Å². The van der Waals surface area contributed by atoms with Crippen LogP contribution >= 0.6 is 0 Å². The van der Waals surface area contributed by atoms with E-state index in [2.05, 4.69) is 11.2 Å². The molecule has 0 saturated heterocycles. The maximum absolute atomic E-state index is 11.2. The minimum Gasteiger partial charge on any atom is -0.480 e. The lowest BCUT2D eigenvalue weighted by atomic mass is 10.4. The molecule has 0 spiro atoms. The van der Waals surface area contributed by atoms with Gasteiger partial charge in [-0.3, -0.25) is 19.8 Å². The van der Waals surface area contributed by atoms with Gasteiger partial charge in [0.2, 0.25) is 5.91 Å². The number of amides is 3. The first kappa shape index (κ1) is 13.9. The number of carbonyl (C=O) groups is 3. The van der Waals surface area contributed by atoms with Crippen molar-refractivity contribution in [3.8, 4) is 12.3 Å². The highest BCUT2D eigenvalue weighted by atomic mass is 16.4. The van der Waals surface area contributed by atoms with E-state index < -0.39 is 17.9 Å². The molecule has 7 nitrogen and oxygen atoms in total. The molecule has 0 aromatic rings. The van der Waals surface area contributed by atoms with Gasteiger partial charge in [-0.25, -0.2) is 4.79 Å². The van der Waals surface area contributed by atoms with Crippen molar-refractivity contribution in [3.05, 3.63) is 0 Å². The van der Waals surface area contributed by atoms with Crippen LogP contribution in [0.25, 0.3) is 0 Å². The summed E-state index contributed by atoms with van der Waals surface area (Å²) in [6.45, 7) is -0.581. The summed E-state index contributed by atoms with van der Waals surface area (Å²) in [7, 11) is 1.36. The van der Waals surface area contributed by atoms with E-state index in [-0.39, 0.29) is 19.6 Å². The molecular formula is C9H13N3O4. The number of imide groups is 1. The number of terminal acetylenes is 1. The van der Waals surface area contributed by atoms with E-state index in [9.17, 15) is 14.4 Å². The Kier molecular flexibility index (Phi) is 6.31. The van der Waals surface area contributed by atoms with Crippen molar-refractivity contribution in [2.45, 2.75) is 0 Å². The molecule has 3 amide bonds. The lowest BCUT2D eigenvalue weighted by Crippen LogP contribution is -2.44. The number of rotatable bonds is 5. The zero-order valence-electron chi connectivity index (χ0n) is 8.82. The van der Waals surface area contributed by atoms with Crippen molar-refractivity contribution >= 4 is 17.9 Å². The number of hydrogen-bond acceptors (Lipinski definition) is 4. The normalized spacial score (nSPS) is 9.31. The number of urea groups is 1. The zero-order chi connectivity index (χ0) is 12.6. The van der Waals surface area contributed by atoms with Gasteiger partial charge in [0.25, 0.3) is 0 Å². The quantitative estimate of drug-likeness (QED) is 0.494. The molecule has 0 rings (SSSR count). The molecule has 0 aromatic carbocycles. The van der Waals surface area contributed by atoms with Gasteiger partial charge in [0.15, 0.2) is 0 Å². The van der Waals surface area contributed by atoms with Gasteiger partial charge in [-0.15, -0.1) is 6.42 Å². The molecule has 0 aliphatic heterocycles. The molecule has 0 unspecified atom stereocenters. The van der Waals surface area contributed by atoms with Crippen molar-refractivity contribution in [1.82, 2.24) is 15.5 Å². The number of carboxylic acid groups (broad SMARTS) is 1. The first-order valence-corrected chi connectivity index (χ1v) is 4.38. The van der Waals surface area contributed by atoms with Crippen LogP contribution in [0, 0.1) is 12.3 Å². The monoisotopic (exact) mass is 227 g/mol. The summed E-state index contributed by atoms with van der Waals surface area (Å²) in [6.07, 6.45) is 5.01. The summed E-state index contributed by atoms with van der Waals surface area (Å²) in [5.74, 6) is 0.518. The molecule has 0 atom stereocenters. The SMILES string of the molecule is C#CCN(CC(=O)O)CC(=O)NC(=O)NC. The summed E-state index contributed by atoms with van der Waals surface area (Å²) >= 11 is 0. The first-order chi connectivity index (χ1) is 7.49. The van der Waals surface area contributed by atoms with Gasteiger partial charge in [-0.1, -0.05) is 5.92 Å². The predicted octanol–water partition coefficient (Wildman–Crippen LogP) is -1.54. The minimum absolute atomic E-state index is 0.0213. The second kappa shape index (κ2) is 7.25. The maximum atomic E-state index is 11.2. The Morgan fingerprint density at radius 1 is 1.38 bits per heavy atom. The van der Waals surface area contributed by atoms with E-state index in [0.717, 1.165) is 0 Å². The van der Waals surface area contributed by atoms with Crippen LogP contribution in [0.1, 0.15) is 0 Å². The zero-order valence-corrected chi connectivity index (χ0v) is 8.82. The molecule has 16 heavy (non-hydrogen) atoms. The Balaban J connectivity index is 4.18. The highest BCUT2D eigenvalue weighted by molar-refractivity contribution is 5.95. The number of aliphatic carboxylic acids is 1. The number of nitrogens with zero attached hydrogens (tertiary/aromatic N) is 1. The second-order valence-electron chi connectivity index (χ2n) is 2.87. The minimum atomic E-state index is -1.09. The second-order valence-corrected chi connectivity index (χ2v) is 2.87. The number of carbonyl (C=O) groups excluding carboxylic acids is 2. The molecule has 0 aliphatic rings. The van der Waals surface area contributed by atoms with Crippen LogP contribution in [0.4, 0.5) is 4.79 Å². The van der Waals surface area contributed by atoms with Crippen LogP contribution in [-0.2, 0) is 9.59 Å². The Hall–Kier alpha value is -2.07. The molecule has 3 N–H and O–H groups in total. The highest BCUT2D eigenvalue weighted by Crippen LogP contribution is 1.87. The van der Waals surface area contributed by atoms with Gasteiger partial charge in [0, 0.05) is 7.05 Å². The van der Waals surface area contributed by atoms with Crippen LogP contribution in [0.2, 0.25) is 0 Å². The number of hydrogen-bond donors (Lipinski definition) is 3. The average Bonchev–Trinajstić information content (AvgIpc) is 2.16. The third kappa shape index (κ3) is 6.39. The average molecular weight is 227 g/mol. The summed E-state index contributed by atoms with van der Waals surface area (Å²) in [4.78, 5) is 33.6. The Morgan fingerprint density at radius 2 is 2.00 bits per heavy atom. The topological polar surface area (TPSA) is 98.7 Å². The van der Waals surface area contributed by atoms with Crippen LogP contribution in [-0.4, -0.2) is 54.6 Å². The first-order valence-electron chi connectivity index (χ1n) is 4.38. The third-order valence-electron chi connectivity index (χ3n) is 1.52. The van der Waals surface area contributed by atoms with Gasteiger partial charge in [0.1, 0.15) is 0 Å². The van der Waals surface area contributed by atoms with E-state index in [1.807, 2.05) is 5.32 Å². The molecule has 0 saturated carbocycles. The molecule has 0 fully saturated rings. The van der Waals surface area contributed by atoms with E-state index in [0.29, 0.717) is 0 Å². The predicted molar refractivity (Wildman–Crippen MR) is 55.5 cm³/mol. The van der Waals surface area contributed by atoms with E-state index in [1.165, 1.54) is 11.9 Å². The van der Waals surface area contributed by atoms with Crippen molar-refractivity contribution in [2.75, 3.05) is 26.7 Å². The highest BCUT2D eigenvalue weighted by Gasteiger charge is 2.14. The molecule has 0 bridgehead atoms. The van der Waals surface area contributed by atoms with Crippen LogP contribution in [0.15, 0.2) is 0 Å². The molecule has 0 radical (unpaired) electrons. The molecule has 0 aliphatic carbocycles. The fourth-order valence-electron chi connectivity index (χ4n) is 0.920. The van der Waals surface area contributed by atoms with Crippen molar-refractivity contribution in [1.29, 1.82) is 0 Å². The largest absolute Gasteiger partial charge is 0.480 e.